The molecule has 0 aliphatic rings. The van der Waals surface area contributed by atoms with Crippen molar-refractivity contribution < 1.29 is 22.7 Å². The highest BCUT2D eigenvalue weighted by molar-refractivity contribution is 7.91. The van der Waals surface area contributed by atoms with Crippen molar-refractivity contribution in [2.75, 3.05) is 6.61 Å². The number of sulfone groups is 1. The van der Waals surface area contributed by atoms with Gasteiger partial charge in [-0.05, 0) is 56.9 Å². The summed E-state index contributed by atoms with van der Waals surface area (Å²) in [5.41, 5.74) is 4.35. The second kappa shape index (κ2) is 8.69. The topological polar surface area (TPSA) is 77.5 Å². The van der Waals surface area contributed by atoms with Crippen molar-refractivity contribution in [2.24, 2.45) is 0 Å². The van der Waals surface area contributed by atoms with Crippen LogP contribution in [0.25, 0.3) is 0 Å². The maximum atomic E-state index is 13.3. The molecule has 2 aromatic rings. The van der Waals surface area contributed by atoms with Crippen LogP contribution in [0.3, 0.4) is 0 Å². The third kappa shape index (κ3) is 4.87. The molecular weight excluding hydrogens is 376 g/mol. The van der Waals surface area contributed by atoms with Crippen LogP contribution in [0, 0.1) is 27.7 Å². The first-order chi connectivity index (χ1) is 13.1. The number of carbonyl (C=O) groups is 2. The predicted molar refractivity (Wildman–Crippen MR) is 109 cm³/mol. The highest BCUT2D eigenvalue weighted by Gasteiger charge is 2.39. The molecule has 150 valence electrons. The van der Waals surface area contributed by atoms with Gasteiger partial charge in [-0.2, -0.15) is 0 Å². The van der Waals surface area contributed by atoms with Crippen LogP contribution in [-0.2, 0) is 29.9 Å². The van der Waals surface area contributed by atoms with Crippen LogP contribution in [-0.4, -0.2) is 26.8 Å². The average molecular weight is 403 g/mol. The fraction of sp³-hybridized carbons (Fsp3) is 0.364. The van der Waals surface area contributed by atoms with E-state index in [-0.39, 0.29) is 12.4 Å². The first-order valence-corrected chi connectivity index (χ1v) is 10.8. The minimum absolute atomic E-state index is 0.00128. The molecular formula is C22H26O5S. The molecule has 5 nitrogen and oxygen atoms in total. The molecule has 0 amide bonds. The molecule has 2 rings (SSSR count). The lowest BCUT2D eigenvalue weighted by molar-refractivity contribution is -0.153. The SMILES string of the molecule is CCOC(=O)C(=O)C(c1ccc(C)cc1C)S(=O)(=O)Cc1ccc(C)cc1C. The maximum absolute atomic E-state index is 13.3. The van der Waals surface area contributed by atoms with E-state index in [0.29, 0.717) is 16.7 Å². The summed E-state index contributed by atoms with van der Waals surface area (Å²) >= 11 is 0. The lowest BCUT2D eigenvalue weighted by atomic mass is 10.0. The van der Waals surface area contributed by atoms with Gasteiger partial charge in [-0.3, -0.25) is 4.79 Å². The van der Waals surface area contributed by atoms with Crippen LogP contribution in [0.15, 0.2) is 36.4 Å². The van der Waals surface area contributed by atoms with Crippen LogP contribution < -0.4 is 0 Å². The Morgan fingerprint density at radius 1 is 0.929 bits per heavy atom. The molecule has 0 aliphatic carbocycles. The number of hydrogen-bond acceptors (Lipinski definition) is 5. The Morgan fingerprint density at radius 3 is 2.04 bits per heavy atom. The summed E-state index contributed by atoms with van der Waals surface area (Å²) in [6.07, 6.45) is 0. The minimum atomic E-state index is -4.01. The summed E-state index contributed by atoms with van der Waals surface area (Å²) in [6.45, 7) is 8.94. The van der Waals surface area contributed by atoms with Crippen molar-refractivity contribution in [3.63, 3.8) is 0 Å². The van der Waals surface area contributed by atoms with Crippen molar-refractivity contribution in [3.05, 3.63) is 69.8 Å². The zero-order valence-corrected chi connectivity index (χ0v) is 17.7. The minimum Gasteiger partial charge on any atom is -0.460 e. The normalized spacial score (nSPS) is 12.5. The molecule has 0 aromatic heterocycles. The molecule has 0 radical (unpaired) electrons. The molecule has 0 heterocycles. The van der Waals surface area contributed by atoms with Gasteiger partial charge in [0.2, 0.25) is 0 Å². The van der Waals surface area contributed by atoms with Gasteiger partial charge in [-0.25, -0.2) is 13.2 Å². The van der Waals surface area contributed by atoms with Crippen LogP contribution in [0.4, 0.5) is 0 Å². The second-order valence-corrected chi connectivity index (χ2v) is 9.15. The summed E-state index contributed by atoms with van der Waals surface area (Å²) in [5, 5.41) is -1.59. The summed E-state index contributed by atoms with van der Waals surface area (Å²) in [7, 11) is -4.01. The van der Waals surface area contributed by atoms with Crippen LogP contribution in [0.1, 0.15) is 45.6 Å². The Kier molecular flexibility index (Phi) is 6.77. The number of benzene rings is 2. The number of carbonyl (C=O) groups excluding carboxylic acids is 2. The monoisotopic (exact) mass is 402 g/mol. The van der Waals surface area contributed by atoms with Gasteiger partial charge >= 0.3 is 5.97 Å². The highest BCUT2D eigenvalue weighted by Crippen LogP contribution is 2.31. The fourth-order valence-electron chi connectivity index (χ4n) is 3.23. The zero-order valence-electron chi connectivity index (χ0n) is 16.9. The molecule has 0 bridgehead atoms. The van der Waals surface area contributed by atoms with E-state index in [1.165, 1.54) is 0 Å². The second-order valence-electron chi connectivity index (χ2n) is 7.06. The highest BCUT2D eigenvalue weighted by atomic mass is 32.2. The van der Waals surface area contributed by atoms with E-state index in [1.54, 1.807) is 38.1 Å². The van der Waals surface area contributed by atoms with E-state index in [0.717, 1.165) is 16.7 Å². The molecule has 0 spiro atoms. The molecule has 6 heteroatoms. The lowest BCUT2D eigenvalue weighted by Crippen LogP contribution is -2.31. The molecule has 2 aromatic carbocycles. The smallest absolute Gasteiger partial charge is 0.376 e. The van der Waals surface area contributed by atoms with E-state index in [9.17, 15) is 18.0 Å². The third-order valence-corrected chi connectivity index (χ3v) is 6.54. The summed E-state index contributed by atoms with van der Waals surface area (Å²) in [5.74, 6) is -2.52. The Morgan fingerprint density at radius 2 is 1.50 bits per heavy atom. The molecule has 0 saturated carbocycles. The largest absolute Gasteiger partial charge is 0.460 e. The predicted octanol–water partition coefficient (Wildman–Crippen LogP) is 3.71. The van der Waals surface area contributed by atoms with Gasteiger partial charge in [0.1, 0.15) is 0 Å². The van der Waals surface area contributed by atoms with E-state index >= 15 is 0 Å². The Hall–Kier alpha value is -2.47. The quantitative estimate of drug-likeness (QED) is 0.521. The number of esters is 1. The number of rotatable bonds is 7. The molecule has 0 N–H and O–H groups in total. The Bertz CT molecular complexity index is 1010. The van der Waals surface area contributed by atoms with Crippen molar-refractivity contribution in [1.29, 1.82) is 0 Å². The maximum Gasteiger partial charge on any atom is 0.376 e. The third-order valence-electron chi connectivity index (χ3n) is 4.64. The number of Topliss-reactive ketones (excluding diaryl/α,β-unsaturated/α-hetero) is 1. The number of ether oxygens (including phenoxy) is 1. The fourth-order valence-corrected chi connectivity index (χ4v) is 5.23. The van der Waals surface area contributed by atoms with E-state index in [1.807, 2.05) is 32.9 Å². The molecule has 0 fully saturated rings. The number of hydrogen-bond donors (Lipinski definition) is 0. The molecule has 28 heavy (non-hydrogen) atoms. The molecule has 0 aliphatic heterocycles. The van der Waals surface area contributed by atoms with Crippen LogP contribution in [0.5, 0.6) is 0 Å². The van der Waals surface area contributed by atoms with Crippen molar-refractivity contribution >= 4 is 21.6 Å². The van der Waals surface area contributed by atoms with Crippen molar-refractivity contribution in [1.82, 2.24) is 0 Å². The molecule has 1 atom stereocenters. The van der Waals surface area contributed by atoms with Gasteiger partial charge in [0.15, 0.2) is 15.1 Å². The standard InChI is InChI=1S/C22H26O5S/c1-6-27-22(24)20(23)21(19-10-8-15(3)12-17(19)5)28(25,26)13-18-9-7-14(2)11-16(18)4/h7-12,21H,6,13H2,1-5H3. The average Bonchev–Trinajstić information content (AvgIpc) is 2.59. The van der Waals surface area contributed by atoms with Gasteiger partial charge in [0, 0.05) is 0 Å². The first kappa shape index (κ1) is 21.8. The van der Waals surface area contributed by atoms with Gasteiger partial charge in [-0.1, -0.05) is 47.5 Å². The van der Waals surface area contributed by atoms with Crippen molar-refractivity contribution in [2.45, 2.75) is 45.6 Å². The van der Waals surface area contributed by atoms with Gasteiger partial charge in [-0.15, -0.1) is 0 Å². The summed E-state index contributed by atoms with van der Waals surface area (Å²) in [6, 6.07) is 10.6. The van der Waals surface area contributed by atoms with Gasteiger partial charge < -0.3 is 4.74 Å². The van der Waals surface area contributed by atoms with Crippen LogP contribution >= 0.6 is 0 Å². The zero-order chi connectivity index (χ0) is 21.1. The first-order valence-electron chi connectivity index (χ1n) is 9.12. The summed E-state index contributed by atoms with van der Waals surface area (Å²) < 4.78 is 31.4. The van der Waals surface area contributed by atoms with Gasteiger partial charge in [0.25, 0.3) is 5.78 Å². The Labute approximate surface area is 166 Å². The summed E-state index contributed by atoms with van der Waals surface area (Å²) in [4.78, 5) is 24.9. The Balaban J connectivity index is 2.56. The van der Waals surface area contributed by atoms with Crippen LogP contribution in [0.2, 0.25) is 0 Å². The van der Waals surface area contributed by atoms with E-state index < -0.39 is 26.8 Å². The number of ketones is 1. The van der Waals surface area contributed by atoms with E-state index in [2.05, 4.69) is 0 Å². The van der Waals surface area contributed by atoms with Gasteiger partial charge in [0.05, 0.1) is 12.4 Å². The number of aryl methyl sites for hydroxylation is 4. The van der Waals surface area contributed by atoms with Crippen molar-refractivity contribution in [3.8, 4) is 0 Å². The molecule has 0 saturated heterocycles. The molecule has 1 unspecified atom stereocenters. The lowest BCUT2D eigenvalue weighted by Gasteiger charge is -2.19. The van der Waals surface area contributed by atoms with E-state index in [4.69, 9.17) is 4.74 Å².